The van der Waals surface area contributed by atoms with Crippen LogP contribution in [0.25, 0.3) is 10.9 Å². The number of carbonyl (C=O) groups excluding carboxylic acids is 11. The number of aliphatic hydroxyl groups is 1. The number of H-pyrrole nitrogens is 5. The van der Waals surface area contributed by atoms with E-state index in [1.54, 1.807) is 32.2 Å². The van der Waals surface area contributed by atoms with Gasteiger partial charge in [0.1, 0.15) is 66.5 Å². The number of aromatic amines is 5. The van der Waals surface area contributed by atoms with Gasteiger partial charge in [0.25, 0.3) is 0 Å². The summed E-state index contributed by atoms with van der Waals surface area (Å²) in [7, 11) is 0. The van der Waals surface area contributed by atoms with Gasteiger partial charge in [-0.05, 0) is 82.4 Å². The second kappa shape index (κ2) is 40.2. The van der Waals surface area contributed by atoms with Crippen LogP contribution in [0.5, 0.6) is 0 Å². The highest BCUT2D eigenvalue weighted by molar-refractivity contribution is 6.00. The summed E-state index contributed by atoms with van der Waals surface area (Å²) in [6.07, 6.45) is 14.7. The number of nitrogens with one attached hydrogen (secondary N) is 14. The molecule has 0 radical (unpaired) electrons. The molecule has 2 fully saturated rings. The summed E-state index contributed by atoms with van der Waals surface area (Å²) >= 11 is 0. The lowest BCUT2D eigenvalue weighted by Crippen LogP contribution is -2.62. The van der Waals surface area contributed by atoms with Crippen LogP contribution in [0.1, 0.15) is 113 Å². The van der Waals surface area contributed by atoms with E-state index in [1.165, 1.54) is 66.8 Å². The number of rotatable bonds is 42. The number of unbranched alkanes of at least 4 members (excludes halogenated alkanes) is 1. The maximum atomic E-state index is 15.2. The van der Waals surface area contributed by atoms with Gasteiger partial charge in [0, 0.05) is 116 Å². The van der Waals surface area contributed by atoms with E-state index in [-0.39, 0.29) is 83.4 Å². The van der Waals surface area contributed by atoms with Crippen molar-refractivity contribution in [2.75, 3.05) is 32.8 Å². The number of aromatic nitrogens is 9. The summed E-state index contributed by atoms with van der Waals surface area (Å²) in [5.41, 5.74) is 25.8. The van der Waals surface area contributed by atoms with Crippen LogP contribution in [0, 0.1) is 5.92 Å². The number of hydrogen-bond acceptors (Lipinski definition) is 20. The van der Waals surface area contributed by atoms with Crippen molar-refractivity contribution in [1.29, 1.82) is 0 Å². The molecule has 2 saturated heterocycles. The Morgan fingerprint density at radius 2 is 1.02 bits per heavy atom. The highest BCUT2D eigenvalue weighted by Gasteiger charge is 2.43. The monoisotopic (exact) mass is 1500 g/mol. The fraction of sp³-hybridized carbons (Fsp3) is 0.522. The Balaban J connectivity index is 0.961. The molecule has 0 unspecified atom stereocenters. The molecular formula is C69H99N25O14. The number of carbonyl (C=O) groups is 12. The average Bonchev–Trinajstić information content (AvgIpc) is 1.63. The lowest BCUT2D eigenvalue weighted by atomic mass is 9.97. The zero-order valence-electron chi connectivity index (χ0n) is 60.4. The number of hydrogen-bond donors (Lipinski definition) is 20. The second-order valence-corrected chi connectivity index (χ2v) is 27.0. The number of likely N-dealkylation sites (tertiary alicyclic amines) is 2. The molecule has 1 aromatic carbocycles. The second-order valence-electron chi connectivity index (χ2n) is 27.0. The predicted octanol–water partition coefficient (Wildman–Crippen LogP) is -4.43. The summed E-state index contributed by atoms with van der Waals surface area (Å²) in [6, 6.07) is -9.02. The van der Waals surface area contributed by atoms with Crippen molar-refractivity contribution in [3.8, 4) is 0 Å². The van der Waals surface area contributed by atoms with E-state index < -0.39 is 156 Å². The molecule has 0 spiro atoms. The Labute approximate surface area is 620 Å². The maximum Gasteiger partial charge on any atom is 0.326 e. The molecule has 5 aromatic heterocycles. The van der Waals surface area contributed by atoms with Gasteiger partial charge in [-0.25, -0.2) is 24.7 Å². The van der Waals surface area contributed by atoms with Crippen LogP contribution in [0.15, 0.2) is 85.6 Å². The van der Waals surface area contributed by atoms with Crippen molar-refractivity contribution in [2.24, 2.45) is 33.8 Å². The lowest BCUT2D eigenvalue weighted by molar-refractivity contribution is -0.142. The molecular weight excluding hydrogens is 1400 g/mol. The van der Waals surface area contributed by atoms with Gasteiger partial charge in [-0.3, -0.25) is 57.7 Å². The SMILES string of the molecule is CC[C@H](C)[C@H](NC(=O)[C@@H]1CCCN1C(=O)[C@@H](N)CCCCN)C(=O)N[C@@H](CO)C(=O)N[C@@H](Cc1cnc[nH]1)C(=O)N[C@@H](Cc1cnc[nH]1)C(=O)N1CCC[C@H]1C(=O)N[C@@H](Cc1cnc[nH]1)C(=O)N[C@@H](Cc1cnc[nH]1)C(=O)N[C@@H](CCCN=C(N)N)C(=O)N[C@@H](C)C(=O)N[C@@H](Cc1c[nH]c2ccccc12)C(=O)O. The number of imidazole rings is 4. The lowest BCUT2D eigenvalue weighted by Gasteiger charge is -2.31. The van der Waals surface area contributed by atoms with Gasteiger partial charge >= 0.3 is 5.97 Å². The first-order valence-corrected chi connectivity index (χ1v) is 36.0. The minimum Gasteiger partial charge on any atom is -0.480 e. The number of nitrogens with zero attached hydrogens (tertiary/aromatic N) is 7. The number of amides is 11. The molecule has 0 aliphatic carbocycles. The Bertz CT molecular complexity index is 4010. The molecule has 0 saturated carbocycles. The van der Waals surface area contributed by atoms with Crippen molar-refractivity contribution in [3.63, 3.8) is 0 Å². The number of fused-ring (bicyclic) bond motifs is 1. The Morgan fingerprint density at radius 3 is 1.53 bits per heavy atom. The van der Waals surface area contributed by atoms with Crippen LogP contribution >= 0.6 is 0 Å². The third kappa shape index (κ3) is 23.2. The summed E-state index contributed by atoms with van der Waals surface area (Å²) in [5.74, 6) is -11.0. The van der Waals surface area contributed by atoms with Crippen molar-refractivity contribution < 1.29 is 67.7 Å². The largest absolute Gasteiger partial charge is 0.480 e. The maximum absolute atomic E-state index is 15.2. The number of carboxylic acids is 1. The summed E-state index contributed by atoms with van der Waals surface area (Å²) in [6.45, 7) is 4.55. The first kappa shape index (κ1) is 82.1. The van der Waals surface area contributed by atoms with Gasteiger partial charge in [0.05, 0.1) is 38.0 Å². The molecule has 24 N–H and O–H groups in total. The molecule has 2 aliphatic rings. The molecule has 8 rings (SSSR count). The van der Waals surface area contributed by atoms with Crippen LogP contribution in [0.2, 0.25) is 0 Å². The van der Waals surface area contributed by atoms with Gasteiger partial charge in [-0.2, -0.15) is 0 Å². The number of para-hydroxylation sites is 1. The normalized spacial score (nSPS) is 17.2. The van der Waals surface area contributed by atoms with Crippen LogP contribution in [0.3, 0.4) is 0 Å². The molecule has 6 aromatic rings. The molecule has 2 aliphatic heterocycles. The number of carboxylic acid groups (broad SMARTS) is 1. The predicted molar refractivity (Wildman–Crippen MR) is 389 cm³/mol. The van der Waals surface area contributed by atoms with Crippen molar-refractivity contribution in [1.82, 2.24) is 103 Å². The highest BCUT2D eigenvalue weighted by Crippen LogP contribution is 2.24. The smallest absolute Gasteiger partial charge is 0.326 e. The number of benzene rings is 1. The van der Waals surface area contributed by atoms with Crippen molar-refractivity contribution >= 4 is 87.8 Å². The Morgan fingerprint density at radius 1 is 0.546 bits per heavy atom. The van der Waals surface area contributed by atoms with Crippen molar-refractivity contribution in [3.05, 3.63) is 109 Å². The zero-order chi connectivity index (χ0) is 78.0. The fourth-order valence-corrected chi connectivity index (χ4v) is 12.9. The Hall–Kier alpha value is -11.6. The highest BCUT2D eigenvalue weighted by atomic mass is 16.4. The van der Waals surface area contributed by atoms with Gasteiger partial charge in [0.15, 0.2) is 5.96 Å². The van der Waals surface area contributed by atoms with Crippen LogP contribution < -0.4 is 70.8 Å². The number of aliphatic imine (C=N–C) groups is 1. The average molecular weight is 1500 g/mol. The summed E-state index contributed by atoms with van der Waals surface area (Å²) in [4.78, 5) is 208. The van der Waals surface area contributed by atoms with E-state index in [0.29, 0.717) is 73.4 Å². The van der Waals surface area contributed by atoms with Crippen LogP contribution in [-0.4, -0.2) is 247 Å². The van der Waals surface area contributed by atoms with E-state index in [0.717, 1.165) is 10.9 Å². The molecule has 7 heterocycles. The fourth-order valence-electron chi connectivity index (χ4n) is 12.9. The number of nitrogens with two attached hydrogens (primary N) is 4. The molecule has 0 bridgehead atoms. The van der Waals surface area contributed by atoms with Gasteiger partial charge < -0.3 is 116 Å². The molecule has 39 nitrogen and oxygen atoms in total. The number of aliphatic hydroxyl groups excluding tert-OH is 1. The van der Waals surface area contributed by atoms with Crippen molar-refractivity contribution in [2.45, 2.75) is 190 Å². The first-order chi connectivity index (χ1) is 51.9. The standard InChI is InChI=1S/C69H99N25O14/c1-4-37(2)56(92-64(103)55-17-10-20-93(55)66(105)45(71)13-7-8-18-70)65(104)91-53(32-95)62(101)87-49(24-41-29-75-34-81-41)61(100)89-51(26-43-31-77-36-83-43)67(106)94-21-11-16-54(94)63(102)88-50(25-42-30-76-35-82-42)60(99)86-48(23-40-28-74-33-80-40)59(98)85-47(15-9-19-78-69(72)73)58(97)84-38(3)57(96)90-52(68(107)108)22-39-27-79-46-14-6-5-12-44(39)46/h5-6,12,14,27-31,33-38,45,47-56,79,95H,4,7-11,13,15-26,32,70-71H2,1-3H3,(H,74,80)(H,75,81)(H,76,82)(H,77,83)(H,84,97)(H,85,98)(H,86,99)(H,87,101)(H,88,102)(H,89,100)(H,90,96)(H,91,104)(H,92,103)(H,107,108)(H4,72,73,78)/t37-,38-,45-,47-,48-,49-,50-,51-,52-,53-,54-,55-,56-/m0/s1. The first-order valence-electron chi connectivity index (χ1n) is 36.0. The molecule has 39 heteroatoms. The quantitative estimate of drug-likeness (QED) is 0.00977. The molecule has 584 valence electrons. The summed E-state index contributed by atoms with van der Waals surface area (Å²) < 4.78 is 0. The Kier molecular flexibility index (Phi) is 30.5. The third-order valence-electron chi connectivity index (χ3n) is 19.0. The molecule has 11 amide bonds. The van der Waals surface area contributed by atoms with E-state index >= 15 is 4.79 Å². The third-order valence-corrected chi connectivity index (χ3v) is 19.0. The summed E-state index contributed by atoms with van der Waals surface area (Å²) in [5, 5.41) is 45.4. The molecule has 108 heavy (non-hydrogen) atoms. The number of aliphatic carboxylic acids is 1. The topological polar surface area (TPSA) is 607 Å². The van der Waals surface area contributed by atoms with E-state index in [1.807, 2.05) is 12.1 Å². The molecule has 13 atom stereocenters. The minimum atomic E-state index is -1.70. The van der Waals surface area contributed by atoms with Crippen LogP contribution in [-0.2, 0) is 89.6 Å². The number of guanidine groups is 1. The zero-order valence-corrected chi connectivity index (χ0v) is 60.4. The van der Waals surface area contributed by atoms with Gasteiger partial charge in [-0.15, -0.1) is 0 Å². The van der Waals surface area contributed by atoms with Gasteiger partial charge in [-0.1, -0.05) is 44.9 Å². The van der Waals surface area contributed by atoms with E-state index in [4.69, 9.17) is 22.9 Å². The van der Waals surface area contributed by atoms with Gasteiger partial charge in [0.2, 0.25) is 65.0 Å². The van der Waals surface area contributed by atoms with Crippen LogP contribution in [0.4, 0.5) is 0 Å². The minimum absolute atomic E-state index is 0.00895. The van der Waals surface area contributed by atoms with E-state index in [9.17, 15) is 63.0 Å². The van der Waals surface area contributed by atoms with E-state index in [2.05, 4.69) is 97.7 Å².